The molecule has 0 fully saturated rings. The molecule has 0 N–H and O–H groups in total. The van der Waals surface area contributed by atoms with Gasteiger partial charge in [0, 0.05) is 24.2 Å². The Hall–Kier alpha value is -1.61. The van der Waals surface area contributed by atoms with Gasteiger partial charge in [-0.25, -0.2) is 12.8 Å². The van der Waals surface area contributed by atoms with Crippen LogP contribution in [0.1, 0.15) is 5.56 Å². The zero-order chi connectivity index (χ0) is 16.6. The molecule has 0 amide bonds. The Morgan fingerprint density at radius 2 is 1.96 bits per heavy atom. The molecule has 0 unspecified atom stereocenters. The van der Waals surface area contributed by atoms with E-state index < -0.39 is 15.8 Å². The van der Waals surface area contributed by atoms with Gasteiger partial charge in [-0.1, -0.05) is 23.7 Å². The van der Waals surface area contributed by atoms with E-state index >= 15 is 0 Å². The second kappa shape index (κ2) is 6.12. The van der Waals surface area contributed by atoms with Crippen molar-refractivity contribution >= 4 is 44.4 Å². The number of halogens is 2. The molecule has 0 atom stereocenters. The van der Waals surface area contributed by atoms with Gasteiger partial charge in [0.15, 0.2) is 0 Å². The number of sulfonamides is 1. The molecule has 0 saturated carbocycles. The van der Waals surface area contributed by atoms with Crippen LogP contribution in [-0.4, -0.2) is 28.5 Å². The molecule has 1 aromatic heterocycles. The highest BCUT2D eigenvalue weighted by Crippen LogP contribution is 2.27. The van der Waals surface area contributed by atoms with E-state index in [4.69, 9.17) is 11.6 Å². The van der Waals surface area contributed by atoms with Crippen LogP contribution in [0.4, 0.5) is 4.39 Å². The van der Waals surface area contributed by atoms with Gasteiger partial charge >= 0.3 is 0 Å². The molecule has 1 heterocycles. The van der Waals surface area contributed by atoms with Crippen LogP contribution in [0, 0.1) is 5.82 Å². The number of rotatable bonds is 4. The lowest BCUT2D eigenvalue weighted by Crippen LogP contribution is -2.27. The summed E-state index contributed by atoms with van der Waals surface area (Å²) in [6.45, 7) is -0.179. The second-order valence-electron chi connectivity index (χ2n) is 4.85. The smallest absolute Gasteiger partial charge is 0.207 e. The molecule has 2 aromatic carbocycles. The van der Waals surface area contributed by atoms with Gasteiger partial charge in [-0.15, -0.1) is 0 Å². The summed E-state index contributed by atoms with van der Waals surface area (Å²) in [6.07, 6.45) is 0. The number of benzene rings is 2. The molecule has 0 spiro atoms. The highest BCUT2D eigenvalue weighted by atomic mass is 35.5. The molecule has 23 heavy (non-hydrogen) atoms. The maximum absolute atomic E-state index is 13.9. The Morgan fingerprint density at radius 1 is 1.22 bits per heavy atom. The van der Waals surface area contributed by atoms with Crippen molar-refractivity contribution in [2.24, 2.45) is 0 Å². The third kappa shape index (κ3) is 2.94. The standard InChI is InChI=1S/C14H11ClFN3O2S2/c1-19(8-9-10(15)4-2-5-11(9)16)23(20,21)13-7-3-6-12-14(13)18-22-17-12/h2-7H,8H2,1H3. The Balaban J connectivity index is 2.01. The van der Waals surface area contributed by atoms with E-state index in [2.05, 4.69) is 8.75 Å². The van der Waals surface area contributed by atoms with Crippen LogP contribution in [0.25, 0.3) is 11.0 Å². The Morgan fingerprint density at radius 3 is 2.70 bits per heavy atom. The quantitative estimate of drug-likeness (QED) is 0.705. The molecule has 0 radical (unpaired) electrons. The predicted octanol–water partition coefficient (Wildman–Crippen LogP) is 3.30. The van der Waals surface area contributed by atoms with Gasteiger partial charge in [0.25, 0.3) is 0 Å². The molecule has 3 rings (SSSR count). The van der Waals surface area contributed by atoms with Crippen LogP contribution in [0.5, 0.6) is 0 Å². The van der Waals surface area contributed by atoms with Crippen molar-refractivity contribution in [2.75, 3.05) is 7.05 Å². The average Bonchev–Trinajstić information content (AvgIpc) is 2.99. The van der Waals surface area contributed by atoms with E-state index in [1.165, 1.54) is 31.3 Å². The molecule has 120 valence electrons. The summed E-state index contributed by atoms with van der Waals surface area (Å²) < 4.78 is 48.5. The number of aromatic nitrogens is 2. The van der Waals surface area contributed by atoms with E-state index in [9.17, 15) is 12.8 Å². The van der Waals surface area contributed by atoms with E-state index in [0.29, 0.717) is 11.0 Å². The molecule has 0 bridgehead atoms. The Labute approximate surface area is 141 Å². The lowest BCUT2D eigenvalue weighted by atomic mass is 10.2. The van der Waals surface area contributed by atoms with Gasteiger partial charge in [-0.2, -0.15) is 13.1 Å². The first-order valence-corrected chi connectivity index (χ1v) is 9.06. The van der Waals surface area contributed by atoms with Crippen molar-refractivity contribution in [1.29, 1.82) is 0 Å². The number of hydrogen-bond acceptors (Lipinski definition) is 5. The summed E-state index contributed by atoms with van der Waals surface area (Å²) in [6, 6.07) is 8.97. The molecule has 0 aliphatic heterocycles. The van der Waals surface area contributed by atoms with Crippen molar-refractivity contribution in [1.82, 2.24) is 13.1 Å². The zero-order valence-electron chi connectivity index (χ0n) is 11.9. The zero-order valence-corrected chi connectivity index (χ0v) is 14.3. The van der Waals surface area contributed by atoms with E-state index in [-0.39, 0.29) is 22.0 Å². The minimum atomic E-state index is -3.86. The highest BCUT2D eigenvalue weighted by molar-refractivity contribution is 7.89. The van der Waals surface area contributed by atoms with Gasteiger partial charge in [0.2, 0.25) is 10.0 Å². The summed E-state index contributed by atoms with van der Waals surface area (Å²) in [5.74, 6) is -0.548. The van der Waals surface area contributed by atoms with E-state index in [1.807, 2.05) is 0 Å². The van der Waals surface area contributed by atoms with Crippen molar-refractivity contribution in [2.45, 2.75) is 11.4 Å². The van der Waals surface area contributed by atoms with Gasteiger partial charge < -0.3 is 0 Å². The molecule has 5 nitrogen and oxygen atoms in total. The lowest BCUT2D eigenvalue weighted by Gasteiger charge is -2.18. The molecular weight excluding hydrogens is 361 g/mol. The first-order chi connectivity index (χ1) is 10.9. The van der Waals surface area contributed by atoms with Gasteiger partial charge in [0.1, 0.15) is 21.7 Å². The molecule has 0 saturated heterocycles. The first kappa shape index (κ1) is 16.3. The maximum atomic E-state index is 13.9. The Kier molecular flexibility index (Phi) is 4.33. The van der Waals surface area contributed by atoms with Crippen LogP contribution in [0.2, 0.25) is 5.02 Å². The SMILES string of the molecule is CN(Cc1c(F)cccc1Cl)S(=O)(=O)c1cccc2nsnc12. The molecular formula is C14H11ClFN3O2S2. The Bertz CT molecular complexity index is 955. The van der Waals surface area contributed by atoms with Gasteiger partial charge in [-0.05, 0) is 24.3 Å². The minimum absolute atomic E-state index is 0.0405. The molecule has 0 aliphatic carbocycles. The maximum Gasteiger partial charge on any atom is 0.245 e. The van der Waals surface area contributed by atoms with Crippen LogP contribution in [-0.2, 0) is 16.6 Å². The van der Waals surface area contributed by atoms with Crippen LogP contribution in [0.15, 0.2) is 41.3 Å². The van der Waals surface area contributed by atoms with Crippen molar-refractivity contribution in [3.8, 4) is 0 Å². The molecule has 3 aromatic rings. The van der Waals surface area contributed by atoms with E-state index in [0.717, 1.165) is 16.0 Å². The van der Waals surface area contributed by atoms with Crippen LogP contribution < -0.4 is 0 Å². The van der Waals surface area contributed by atoms with Gasteiger partial charge in [0.05, 0.1) is 11.7 Å². The first-order valence-electron chi connectivity index (χ1n) is 6.52. The van der Waals surface area contributed by atoms with Crippen LogP contribution >= 0.6 is 23.3 Å². The summed E-state index contributed by atoms with van der Waals surface area (Å²) in [4.78, 5) is 0.0405. The molecule has 0 aliphatic rings. The highest BCUT2D eigenvalue weighted by Gasteiger charge is 2.26. The third-order valence-electron chi connectivity index (χ3n) is 3.38. The summed E-state index contributed by atoms with van der Waals surface area (Å²) in [7, 11) is -2.48. The van der Waals surface area contributed by atoms with Crippen molar-refractivity contribution in [3.05, 3.63) is 52.8 Å². The van der Waals surface area contributed by atoms with Crippen LogP contribution in [0.3, 0.4) is 0 Å². The summed E-state index contributed by atoms with van der Waals surface area (Å²) in [5.41, 5.74) is 0.946. The number of hydrogen-bond donors (Lipinski definition) is 0. The number of nitrogens with zero attached hydrogens (tertiary/aromatic N) is 3. The predicted molar refractivity (Wildman–Crippen MR) is 87.5 cm³/mol. The average molecular weight is 372 g/mol. The summed E-state index contributed by atoms with van der Waals surface area (Å²) in [5, 5.41) is 0.181. The fourth-order valence-corrected chi connectivity index (χ4v) is 4.26. The van der Waals surface area contributed by atoms with Crippen molar-refractivity contribution in [3.63, 3.8) is 0 Å². The monoisotopic (exact) mass is 371 g/mol. The minimum Gasteiger partial charge on any atom is -0.207 e. The topological polar surface area (TPSA) is 63.2 Å². The third-order valence-corrected chi connectivity index (χ3v) is 6.11. The number of fused-ring (bicyclic) bond motifs is 1. The lowest BCUT2D eigenvalue weighted by molar-refractivity contribution is 0.457. The van der Waals surface area contributed by atoms with Gasteiger partial charge in [-0.3, -0.25) is 0 Å². The van der Waals surface area contributed by atoms with Crippen molar-refractivity contribution < 1.29 is 12.8 Å². The van der Waals surface area contributed by atoms with E-state index in [1.54, 1.807) is 12.1 Å². The second-order valence-corrected chi connectivity index (χ2v) is 7.80. The molecule has 9 heteroatoms. The summed E-state index contributed by atoms with van der Waals surface area (Å²) >= 11 is 6.90. The fourth-order valence-electron chi connectivity index (χ4n) is 2.15. The fraction of sp³-hybridized carbons (Fsp3) is 0.143. The largest absolute Gasteiger partial charge is 0.245 e. The normalized spacial score (nSPS) is 12.2.